The van der Waals surface area contributed by atoms with Crippen molar-refractivity contribution in [3.05, 3.63) is 40.5 Å². The highest BCUT2D eigenvalue weighted by atomic mass is 79.9. The minimum atomic E-state index is 0.598. The number of hydrogen-bond donors (Lipinski definition) is 1. The van der Waals surface area contributed by atoms with E-state index in [-0.39, 0.29) is 0 Å². The van der Waals surface area contributed by atoms with Crippen LogP contribution in [0.5, 0.6) is 0 Å². The highest BCUT2D eigenvalue weighted by Crippen LogP contribution is 2.23. The molecule has 0 aliphatic heterocycles. The fourth-order valence-corrected chi connectivity index (χ4v) is 1.85. The highest BCUT2D eigenvalue weighted by Gasteiger charge is 2.05. The van der Waals surface area contributed by atoms with Crippen molar-refractivity contribution in [2.24, 2.45) is 0 Å². The van der Waals surface area contributed by atoms with Gasteiger partial charge in [0, 0.05) is 17.4 Å². The summed E-state index contributed by atoms with van der Waals surface area (Å²) in [7, 11) is 0. The van der Waals surface area contributed by atoms with Crippen LogP contribution in [0.3, 0.4) is 0 Å². The Morgan fingerprint density at radius 1 is 1.47 bits per heavy atom. The zero-order valence-corrected chi connectivity index (χ0v) is 10.4. The van der Waals surface area contributed by atoms with E-state index in [2.05, 4.69) is 42.0 Å². The maximum atomic E-state index is 9.02. The van der Waals surface area contributed by atoms with Gasteiger partial charge in [-0.2, -0.15) is 10.2 Å². The molecule has 2 rings (SSSR count). The first-order valence-electron chi connectivity index (χ1n) is 4.99. The Morgan fingerprint density at radius 3 is 3.06 bits per heavy atom. The maximum absolute atomic E-state index is 9.02. The van der Waals surface area contributed by atoms with Crippen molar-refractivity contribution < 1.29 is 4.52 Å². The highest BCUT2D eigenvalue weighted by molar-refractivity contribution is 9.10. The van der Waals surface area contributed by atoms with Gasteiger partial charge in [0.15, 0.2) is 5.82 Å². The van der Waals surface area contributed by atoms with Gasteiger partial charge in [0.1, 0.15) is 6.07 Å². The molecule has 0 aliphatic carbocycles. The monoisotopic (exact) mass is 292 g/mol. The van der Waals surface area contributed by atoms with Crippen LogP contribution < -0.4 is 5.32 Å². The summed E-state index contributed by atoms with van der Waals surface area (Å²) in [5.74, 6) is 0.644. The molecule has 0 saturated heterocycles. The van der Waals surface area contributed by atoms with Crippen molar-refractivity contribution in [1.82, 2.24) is 10.1 Å². The molecule has 6 heteroatoms. The van der Waals surface area contributed by atoms with Crippen LogP contribution in [0.25, 0.3) is 0 Å². The van der Waals surface area contributed by atoms with Crippen LogP contribution in [-0.4, -0.2) is 16.7 Å². The Labute approximate surface area is 107 Å². The normalized spacial score (nSPS) is 9.88. The predicted octanol–water partition coefficient (Wildman–Crippen LogP) is 2.36. The molecule has 0 amide bonds. The first kappa shape index (κ1) is 11.6. The number of nitrogens with zero attached hydrogens (tertiary/aromatic N) is 3. The number of benzene rings is 1. The quantitative estimate of drug-likeness (QED) is 0.936. The smallest absolute Gasteiger partial charge is 0.213 e. The van der Waals surface area contributed by atoms with Crippen molar-refractivity contribution in [2.75, 3.05) is 11.9 Å². The zero-order chi connectivity index (χ0) is 12.1. The lowest BCUT2D eigenvalue weighted by Gasteiger charge is -2.07. The molecule has 0 unspecified atom stereocenters. The van der Waals surface area contributed by atoms with Crippen LogP contribution >= 0.6 is 15.9 Å². The molecule has 0 spiro atoms. The van der Waals surface area contributed by atoms with Gasteiger partial charge in [-0.1, -0.05) is 11.2 Å². The summed E-state index contributed by atoms with van der Waals surface area (Å²) in [5, 5.41) is 15.9. The van der Waals surface area contributed by atoms with Crippen LogP contribution in [0.15, 0.2) is 33.6 Å². The maximum Gasteiger partial charge on any atom is 0.213 e. The van der Waals surface area contributed by atoms with E-state index in [0.717, 1.165) is 10.2 Å². The summed E-state index contributed by atoms with van der Waals surface area (Å²) in [6.07, 6.45) is 1.95. The van der Waals surface area contributed by atoms with Crippen molar-refractivity contribution in [3.63, 3.8) is 0 Å². The van der Waals surface area contributed by atoms with E-state index in [0.29, 0.717) is 24.4 Å². The number of nitrogens with one attached hydrogen (secondary N) is 1. The molecule has 1 heterocycles. The third-order valence-electron chi connectivity index (χ3n) is 2.20. The van der Waals surface area contributed by atoms with Crippen molar-refractivity contribution in [1.29, 1.82) is 5.26 Å². The Morgan fingerprint density at radius 2 is 2.35 bits per heavy atom. The summed E-state index contributed by atoms with van der Waals surface area (Å²) in [6, 6.07) is 7.72. The number of rotatable bonds is 4. The fourth-order valence-electron chi connectivity index (χ4n) is 1.40. The summed E-state index contributed by atoms with van der Waals surface area (Å²) >= 11 is 3.34. The van der Waals surface area contributed by atoms with E-state index in [1.165, 1.54) is 6.39 Å². The topological polar surface area (TPSA) is 74.7 Å². The van der Waals surface area contributed by atoms with Gasteiger partial charge in [0.2, 0.25) is 6.39 Å². The van der Waals surface area contributed by atoms with Crippen LogP contribution in [0.1, 0.15) is 11.4 Å². The average molecular weight is 293 g/mol. The fraction of sp³-hybridized carbons (Fsp3) is 0.182. The van der Waals surface area contributed by atoms with Crippen molar-refractivity contribution in [3.8, 4) is 6.07 Å². The molecule has 0 bridgehead atoms. The summed E-state index contributed by atoms with van der Waals surface area (Å²) in [5.41, 5.74) is 1.39. The molecule has 17 heavy (non-hydrogen) atoms. The molecule has 86 valence electrons. The Kier molecular flexibility index (Phi) is 3.73. The minimum Gasteiger partial charge on any atom is -0.383 e. The van der Waals surface area contributed by atoms with E-state index in [4.69, 9.17) is 5.26 Å². The van der Waals surface area contributed by atoms with Gasteiger partial charge >= 0.3 is 0 Å². The Balaban J connectivity index is 2.00. The van der Waals surface area contributed by atoms with Gasteiger partial charge in [0.05, 0.1) is 11.3 Å². The minimum absolute atomic E-state index is 0.598. The molecule has 0 aliphatic rings. The molecule has 5 nitrogen and oxygen atoms in total. The van der Waals surface area contributed by atoms with Crippen molar-refractivity contribution >= 4 is 21.6 Å². The van der Waals surface area contributed by atoms with Crippen molar-refractivity contribution in [2.45, 2.75) is 6.42 Å². The molecule has 2 aromatic rings. The molecule has 1 aromatic carbocycles. The molecule has 1 N–H and O–H groups in total. The lowest BCUT2D eigenvalue weighted by atomic mass is 10.2. The van der Waals surface area contributed by atoms with E-state index in [9.17, 15) is 0 Å². The Bertz CT molecular complexity index is 533. The zero-order valence-electron chi connectivity index (χ0n) is 8.85. The SMILES string of the molecule is N#Cc1c(Br)cccc1NCCc1ncon1. The van der Waals surface area contributed by atoms with Crippen LogP contribution in [0.2, 0.25) is 0 Å². The first-order valence-corrected chi connectivity index (χ1v) is 5.78. The van der Waals surface area contributed by atoms with Gasteiger partial charge < -0.3 is 9.84 Å². The van der Waals surface area contributed by atoms with E-state index >= 15 is 0 Å². The average Bonchev–Trinajstić information content (AvgIpc) is 2.82. The summed E-state index contributed by atoms with van der Waals surface area (Å²) < 4.78 is 5.41. The number of anilines is 1. The third kappa shape index (κ3) is 2.82. The van der Waals surface area contributed by atoms with Crippen LogP contribution in [0.4, 0.5) is 5.69 Å². The summed E-state index contributed by atoms with van der Waals surface area (Å²) in [6.45, 7) is 0.644. The predicted molar refractivity (Wildman–Crippen MR) is 65.3 cm³/mol. The van der Waals surface area contributed by atoms with Gasteiger partial charge in [-0.25, -0.2) is 0 Å². The number of halogens is 1. The Hall–Kier alpha value is -1.87. The van der Waals surface area contributed by atoms with Crippen LogP contribution in [-0.2, 0) is 6.42 Å². The standard InChI is InChI=1S/C11H9BrN4O/c12-9-2-1-3-10(8(9)6-13)14-5-4-11-15-7-17-16-11/h1-3,7,14H,4-5H2. The number of hydrogen-bond acceptors (Lipinski definition) is 5. The lowest BCUT2D eigenvalue weighted by molar-refractivity contribution is 0.410. The molecule has 0 saturated carbocycles. The molecule has 0 radical (unpaired) electrons. The van der Waals surface area contributed by atoms with Gasteiger partial charge in [-0.15, -0.1) is 0 Å². The molecule has 0 atom stereocenters. The second-order valence-electron chi connectivity index (χ2n) is 3.30. The van der Waals surface area contributed by atoms with E-state index < -0.39 is 0 Å². The molecule has 1 aromatic heterocycles. The number of aromatic nitrogens is 2. The van der Waals surface area contributed by atoms with E-state index in [1.807, 2.05) is 18.2 Å². The van der Waals surface area contributed by atoms with E-state index in [1.54, 1.807) is 0 Å². The largest absolute Gasteiger partial charge is 0.383 e. The molecular weight excluding hydrogens is 284 g/mol. The lowest BCUT2D eigenvalue weighted by Crippen LogP contribution is -2.07. The second kappa shape index (κ2) is 5.46. The summed E-state index contributed by atoms with van der Waals surface area (Å²) in [4.78, 5) is 3.92. The van der Waals surface area contributed by atoms with Gasteiger partial charge in [-0.05, 0) is 28.1 Å². The number of nitriles is 1. The first-order chi connectivity index (χ1) is 8.31. The second-order valence-corrected chi connectivity index (χ2v) is 4.15. The third-order valence-corrected chi connectivity index (χ3v) is 2.86. The van der Waals surface area contributed by atoms with Crippen LogP contribution in [0, 0.1) is 11.3 Å². The molecule has 0 fully saturated rings. The molecular formula is C11H9BrN4O. The van der Waals surface area contributed by atoms with Gasteiger partial charge in [-0.3, -0.25) is 0 Å². The van der Waals surface area contributed by atoms with Gasteiger partial charge in [0.25, 0.3) is 0 Å².